The van der Waals surface area contributed by atoms with E-state index in [1.54, 1.807) is 0 Å². The average molecular weight is 224 g/mol. The molecule has 1 saturated heterocycles. The Balaban J connectivity index is 1.85. The van der Waals surface area contributed by atoms with Crippen LogP contribution >= 0.6 is 0 Å². The number of nitrogens with zero attached hydrogens (tertiary/aromatic N) is 1. The fourth-order valence-electron chi connectivity index (χ4n) is 2.71. The predicted octanol–water partition coefficient (Wildman–Crippen LogP) is 2.49. The monoisotopic (exact) mass is 224 g/mol. The number of hydrogen-bond donors (Lipinski definition) is 1. The molecule has 1 heterocycles. The molecule has 0 aromatic carbocycles. The van der Waals surface area contributed by atoms with Crippen LogP contribution in [0.15, 0.2) is 0 Å². The second-order valence-electron chi connectivity index (χ2n) is 6.21. The van der Waals surface area contributed by atoms with Gasteiger partial charge in [-0.25, -0.2) is 0 Å². The van der Waals surface area contributed by atoms with Crippen molar-refractivity contribution in [1.82, 2.24) is 10.2 Å². The van der Waals surface area contributed by atoms with E-state index in [9.17, 15) is 0 Å². The lowest BCUT2D eigenvalue weighted by Gasteiger charge is -2.29. The fraction of sp³-hybridized carbons (Fsp3) is 1.00. The SMILES string of the molecule is CC(C)CCN1CC(C2CC2)NCCC1C. The van der Waals surface area contributed by atoms with Crippen LogP contribution in [0.3, 0.4) is 0 Å². The molecule has 16 heavy (non-hydrogen) atoms. The molecule has 0 aromatic heterocycles. The minimum Gasteiger partial charge on any atom is -0.312 e. The highest BCUT2D eigenvalue weighted by Gasteiger charge is 2.34. The van der Waals surface area contributed by atoms with E-state index in [-0.39, 0.29) is 0 Å². The highest BCUT2D eigenvalue weighted by atomic mass is 15.2. The molecule has 1 aliphatic carbocycles. The van der Waals surface area contributed by atoms with E-state index in [4.69, 9.17) is 0 Å². The van der Waals surface area contributed by atoms with Crippen LogP contribution in [0.4, 0.5) is 0 Å². The molecule has 2 fully saturated rings. The lowest BCUT2D eigenvalue weighted by atomic mass is 10.1. The Kier molecular flexibility index (Phi) is 4.26. The molecule has 1 saturated carbocycles. The zero-order valence-corrected chi connectivity index (χ0v) is 11.2. The summed E-state index contributed by atoms with van der Waals surface area (Å²) in [7, 11) is 0. The van der Waals surface area contributed by atoms with Crippen molar-refractivity contribution in [3.05, 3.63) is 0 Å². The lowest BCUT2D eigenvalue weighted by Crippen LogP contribution is -2.42. The normalized spacial score (nSPS) is 33.0. The summed E-state index contributed by atoms with van der Waals surface area (Å²) in [6.07, 6.45) is 5.59. The van der Waals surface area contributed by atoms with Gasteiger partial charge in [-0.1, -0.05) is 13.8 Å². The smallest absolute Gasteiger partial charge is 0.0223 e. The first-order chi connectivity index (χ1) is 7.66. The Morgan fingerprint density at radius 3 is 2.62 bits per heavy atom. The van der Waals surface area contributed by atoms with E-state index in [2.05, 4.69) is 31.0 Å². The molecule has 2 nitrogen and oxygen atoms in total. The second-order valence-corrected chi connectivity index (χ2v) is 6.21. The maximum absolute atomic E-state index is 3.75. The van der Waals surface area contributed by atoms with Crippen molar-refractivity contribution in [3.8, 4) is 0 Å². The first kappa shape index (κ1) is 12.4. The second kappa shape index (κ2) is 5.50. The summed E-state index contributed by atoms with van der Waals surface area (Å²) >= 11 is 0. The van der Waals surface area contributed by atoms with Gasteiger partial charge in [0.05, 0.1) is 0 Å². The van der Waals surface area contributed by atoms with Gasteiger partial charge in [0, 0.05) is 18.6 Å². The molecule has 2 heteroatoms. The maximum Gasteiger partial charge on any atom is 0.0223 e. The Morgan fingerprint density at radius 2 is 2.00 bits per heavy atom. The van der Waals surface area contributed by atoms with Crippen LogP contribution in [-0.2, 0) is 0 Å². The van der Waals surface area contributed by atoms with Gasteiger partial charge in [0.15, 0.2) is 0 Å². The van der Waals surface area contributed by atoms with Crippen molar-refractivity contribution >= 4 is 0 Å². The van der Waals surface area contributed by atoms with Crippen LogP contribution in [0.2, 0.25) is 0 Å². The minimum absolute atomic E-state index is 0.773. The van der Waals surface area contributed by atoms with E-state index in [1.807, 2.05) is 0 Å². The standard InChI is InChI=1S/C14H28N2/c1-11(2)7-9-16-10-14(13-4-5-13)15-8-6-12(16)3/h11-15H,4-10H2,1-3H3. The molecule has 0 amide bonds. The van der Waals surface area contributed by atoms with Crippen LogP contribution in [0, 0.1) is 11.8 Å². The third-order valence-electron chi connectivity index (χ3n) is 4.21. The zero-order valence-electron chi connectivity index (χ0n) is 11.2. The van der Waals surface area contributed by atoms with E-state index in [1.165, 1.54) is 45.3 Å². The van der Waals surface area contributed by atoms with Crippen LogP contribution in [0.25, 0.3) is 0 Å². The first-order valence-electron chi connectivity index (χ1n) is 7.14. The molecule has 0 bridgehead atoms. The molecule has 2 atom stereocenters. The number of hydrogen-bond acceptors (Lipinski definition) is 2. The molecule has 0 aromatic rings. The summed E-state index contributed by atoms with van der Waals surface area (Å²) in [6.45, 7) is 10.9. The molecule has 2 rings (SSSR count). The average Bonchev–Trinajstić information content (AvgIpc) is 3.02. The predicted molar refractivity (Wildman–Crippen MR) is 69.6 cm³/mol. The van der Waals surface area contributed by atoms with Gasteiger partial charge in [-0.15, -0.1) is 0 Å². The summed E-state index contributed by atoms with van der Waals surface area (Å²) in [5.41, 5.74) is 0. The summed E-state index contributed by atoms with van der Waals surface area (Å²) in [5.74, 6) is 1.83. The Hall–Kier alpha value is -0.0800. The topological polar surface area (TPSA) is 15.3 Å². The van der Waals surface area contributed by atoms with Crippen molar-refractivity contribution in [2.75, 3.05) is 19.6 Å². The van der Waals surface area contributed by atoms with Crippen LogP contribution < -0.4 is 5.32 Å². The van der Waals surface area contributed by atoms with Gasteiger partial charge in [-0.2, -0.15) is 0 Å². The first-order valence-corrected chi connectivity index (χ1v) is 7.14. The van der Waals surface area contributed by atoms with E-state index < -0.39 is 0 Å². The zero-order chi connectivity index (χ0) is 11.5. The number of rotatable bonds is 4. The number of nitrogens with one attached hydrogen (secondary N) is 1. The van der Waals surface area contributed by atoms with Gasteiger partial charge >= 0.3 is 0 Å². The summed E-state index contributed by atoms with van der Waals surface area (Å²) in [5, 5.41) is 3.75. The van der Waals surface area contributed by atoms with Crippen LogP contribution in [0.1, 0.15) is 46.5 Å². The maximum atomic E-state index is 3.75. The van der Waals surface area contributed by atoms with Gasteiger partial charge in [0.25, 0.3) is 0 Å². The molecule has 0 radical (unpaired) electrons. The van der Waals surface area contributed by atoms with E-state index in [0.29, 0.717) is 0 Å². The van der Waals surface area contributed by atoms with Gasteiger partial charge in [-0.05, 0) is 57.5 Å². The fourth-order valence-corrected chi connectivity index (χ4v) is 2.71. The van der Waals surface area contributed by atoms with Gasteiger partial charge in [0.1, 0.15) is 0 Å². The van der Waals surface area contributed by atoms with Crippen molar-refractivity contribution in [2.24, 2.45) is 11.8 Å². The van der Waals surface area contributed by atoms with E-state index >= 15 is 0 Å². The molecule has 1 N–H and O–H groups in total. The Labute approximate surface area is 101 Å². The van der Waals surface area contributed by atoms with Crippen molar-refractivity contribution in [3.63, 3.8) is 0 Å². The Bertz CT molecular complexity index is 211. The van der Waals surface area contributed by atoms with Crippen LogP contribution in [0.5, 0.6) is 0 Å². The molecular formula is C14H28N2. The molecular weight excluding hydrogens is 196 g/mol. The molecule has 2 unspecified atom stereocenters. The van der Waals surface area contributed by atoms with Crippen molar-refractivity contribution in [1.29, 1.82) is 0 Å². The van der Waals surface area contributed by atoms with Gasteiger partial charge < -0.3 is 5.32 Å². The molecule has 0 spiro atoms. The van der Waals surface area contributed by atoms with Gasteiger partial charge in [0.2, 0.25) is 0 Å². The molecule has 94 valence electrons. The Morgan fingerprint density at radius 1 is 1.25 bits per heavy atom. The summed E-state index contributed by atoms with van der Waals surface area (Å²) < 4.78 is 0. The lowest BCUT2D eigenvalue weighted by molar-refractivity contribution is 0.189. The molecule has 1 aliphatic heterocycles. The van der Waals surface area contributed by atoms with E-state index in [0.717, 1.165) is 23.9 Å². The van der Waals surface area contributed by atoms with Crippen molar-refractivity contribution < 1.29 is 0 Å². The largest absolute Gasteiger partial charge is 0.312 e. The third kappa shape index (κ3) is 3.46. The highest BCUT2D eigenvalue weighted by molar-refractivity contribution is 4.91. The minimum atomic E-state index is 0.773. The quantitative estimate of drug-likeness (QED) is 0.789. The molecule has 2 aliphatic rings. The van der Waals surface area contributed by atoms with Gasteiger partial charge in [-0.3, -0.25) is 4.90 Å². The summed E-state index contributed by atoms with van der Waals surface area (Å²) in [4.78, 5) is 2.73. The van der Waals surface area contributed by atoms with Crippen LogP contribution in [-0.4, -0.2) is 36.6 Å². The van der Waals surface area contributed by atoms with Crippen molar-refractivity contribution in [2.45, 2.75) is 58.5 Å². The summed E-state index contributed by atoms with van der Waals surface area (Å²) in [6, 6.07) is 1.56. The third-order valence-corrected chi connectivity index (χ3v) is 4.21. The highest BCUT2D eigenvalue weighted by Crippen LogP contribution is 2.34.